The van der Waals surface area contributed by atoms with Crippen LogP contribution >= 0.6 is 0 Å². The number of benzene rings is 19. The van der Waals surface area contributed by atoms with E-state index in [0.717, 1.165) is 123 Å². The third-order valence-corrected chi connectivity index (χ3v) is 24.7. The molecular formula is C114H72N8. The highest BCUT2D eigenvalue weighted by Crippen LogP contribution is 2.48. The van der Waals surface area contributed by atoms with Crippen LogP contribution in [-0.4, -0.2) is 29.1 Å². The molecule has 0 amide bonds. The van der Waals surface area contributed by atoms with Crippen molar-refractivity contribution in [2.75, 3.05) is 9.80 Å². The topological polar surface area (TPSA) is 67.9 Å². The maximum absolute atomic E-state index is 5.50. The van der Waals surface area contributed by atoms with Gasteiger partial charge in [-0.25, -0.2) is 9.97 Å². The van der Waals surface area contributed by atoms with E-state index in [1.54, 1.807) is 0 Å². The molecule has 0 fully saturated rings. The Bertz CT molecular complexity index is 7540. The quantitative estimate of drug-likeness (QED) is 0.108. The molecule has 8 nitrogen and oxygen atoms in total. The average molecular weight is 1550 g/mol. The molecule has 0 spiro atoms. The van der Waals surface area contributed by atoms with Gasteiger partial charge in [-0.05, 0) is 245 Å². The average Bonchev–Trinajstić information content (AvgIpc) is 1.57. The summed E-state index contributed by atoms with van der Waals surface area (Å²) in [4.78, 5) is 25.8. The third-order valence-electron chi connectivity index (χ3n) is 24.7. The first kappa shape index (κ1) is 69.8. The molecule has 0 aliphatic rings. The van der Waals surface area contributed by atoms with Crippen LogP contribution in [0.4, 0.5) is 34.1 Å². The number of nitrogens with zero attached hydrogens (tertiary/aromatic N) is 8. The summed E-state index contributed by atoms with van der Waals surface area (Å²) in [7, 11) is 0. The van der Waals surface area contributed by atoms with E-state index in [0.29, 0.717) is 0 Å². The lowest BCUT2D eigenvalue weighted by atomic mass is 9.95. The number of hydrogen-bond donors (Lipinski definition) is 0. The zero-order valence-corrected chi connectivity index (χ0v) is 66.1. The first-order chi connectivity index (χ1) is 60.5. The highest BCUT2D eigenvalue weighted by atomic mass is 15.2. The third kappa shape index (κ3) is 11.7. The maximum atomic E-state index is 5.50. The van der Waals surface area contributed by atoms with Crippen LogP contribution in [0.25, 0.3) is 198 Å². The second kappa shape index (κ2) is 28.7. The minimum absolute atomic E-state index is 0.774. The Labute approximate surface area is 703 Å². The molecule has 0 radical (unpaired) electrons. The zero-order valence-electron chi connectivity index (χ0n) is 66.1. The van der Waals surface area contributed by atoms with Crippen LogP contribution in [0.1, 0.15) is 0 Å². The number of anilines is 6. The lowest BCUT2D eigenvalue weighted by molar-refractivity contribution is 1.17. The molecule has 24 rings (SSSR count). The lowest BCUT2D eigenvalue weighted by Gasteiger charge is -2.27. The Morgan fingerprint density at radius 1 is 0.197 bits per heavy atom. The van der Waals surface area contributed by atoms with Gasteiger partial charge in [-0.15, -0.1) is 0 Å². The molecule has 0 bridgehead atoms. The summed E-state index contributed by atoms with van der Waals surface area (Å²) in [6.45, 7) is 0. The Morgan fingerprint density at radius 2 is 0.459 bits per heavy atom. The minimum atomic E-state index is 0.774. The predicted molar refractivity (Wildman–Crippen MR) is 511 cm³/mol. The van der Waals surface area contributed by atoms with E-state index in [1.165, 1.54) is 109 Å². The number of rotatable bonds is 14. The lowest BCUT2D eigenvalue weighted by Crippen LogP contribution is -2.11. The molecule has 19 aromatic carbocycles. The highest BCUT2D eigenvalue weighted by molar-refractivity contribution is 6.16. The van der Waals surface area contributed by atoms with Gasteiger partial charge in [0.15, 0.2) is 0 Å². The van der Waals surface area contributed by atoms with Crippen LogP contribution in [0.5, 0.6) is 0 Å². The fourth-order valence-electron chi connectivity index (χ4n) is 19.0. The molecule has 0 saturated carbocycles. The number of aromatic nitrogens is 6. The monoisotopic (exact) mass is 1550 g/mol. The van der Waals surface area contributed by atoms with Gasteiger partial charge in [-0.2, -0.15) is 0 Å². The van der Waals surface area contributed by atoms with Crippen molar-refractivity contribution in [2.45, 2.75) is 0 Å². The summed E-state index contributed by atoms with van der Waals surface area (Å²) in [6.07, 6.45) is 3.77. The van der Waals surface area contributed by atoms with E-state index in [4.69, 9.17) is 19.9 Å². The van der Waals surface area contributed by atoms with E-state index in [2.05, 4.69) is 407 Å². The standard InChI is InChI=1S/C114H72N8/c1-5-31-91-73(19-1)23-11-35-95(91)81-47-63-105-99(69-81)100-70-82(96-36-12-24-74-20-2-6-32-92(74)96)48-64-106(100)121(105)89-59-55-87(56-60-89)119(109-41-15-27-77-29-17-67-115-111(77)109)85-51-43-79(44-52-85)113-114(118-104-40-10-9-39-103(104)117-113)80-45-53-86(54-46-80)120(110-42-16-28-78-30-18-68-116-112(78)110)88-57-61-90(62-58-88)122-107-65-49-83(97-37-13-25-75-21-3-7-33-93(75)97)71-101(107)102-72-84(50-66-108(102)122)98-38-14-26-76-22-4-8-34-94(76)98/h1-72H. The fraction of sp³-hybridized carbons (Fsp3) is 0. The Kier molecular flexibility index (Phi) is 16.5. The van der Waals surface area contributed by atoms with Gasteiger partial charge in [0.1, 0.15) is 0 Å². The predicted octanol–water partition coefficient (Wildman–Crippen LogP) is 30.5. The smallest absolute Gasteiger partial charge is 0.0973 e. The highest BCUT2D eigenvalue weighted by Gasteiger charge is 2.25. The first-order valence-corrected chi connectivity index (χ1v) is 41.5. The number of hydrogen-bond acceptors (Lipinski definition) is 6. The van der Waals surface area contributed by atoms with Gasteiger partial charge in [0.2, 0.25) is 0 Å². The molecule has 5 heterocycles. The Morgan fingerprint density at radius 3 is 0.787 bits per heavy atom. The van der Waals surface area contributed by atoms with Gasteiger partial charge in [0.25, 0.3) is 0 Å². The van der Waals surface area contributed by atoms with Crippen molar-refractivity contribution in [3.8, 4) is 78.4 Å². The number of para-hydroxylation sites is 4. The molecule has 0 unspecified atom stereocenters. The van der Waals surface area contributed by atoms with E-state index < -0.39 is 0 Å². The summed E-state index contributed by atoms with van der Waals surface area (Å²) in [5.41, 5.74) is 28.8. The van der Waals surface area contributed by atoms with Gasteiger partial charge in [0, 0.05) is 90.0 Å². The van der Waals surface area contributed by atoms with Crippen molar-refractivity contribution >= 4 is 154 Å². The summed E-state index contributed by atoms with van der Waals surface area (Å²) in [6, 6.07) is 154. The van der Waals surface area contributed by atoms with Gasteiger partial charge in [-0.1, -0.05) is 267 Å². The molecule has 0 atom stereocenters. The molecule has 0 aliphatic carbocycles. The second-order valence-electron chi connectivity index (χ2n) is 31.6. The van der Waals surface area contributed by atoms with Crippen molar-refractivity contribution in [1.29, 1.82) is 0 Å². The molecular weight excluding hydrogens is 1480 g/mol. The molecule has 0 aliphatic heterocycles. The Balaban J connectivity index is 0.596. The normalized spacial score (nSPS) is 11.8. The van der Waals surface area contributed by atoms with Gasteiger partial charge in [0.05, 0.1) is 66.9 Å². The van der Waals surface area contributed by atoms with Crippen molar-refractivity contribution in [2.24, 2.45) is 0 Å². The molecule has 0 N–H and O–H groups in total. The second-order valence-corrected chi connectivity index (χ2v) is 31.6. The molecule has 5 aromatic heterocycles. The summed E-state index contributed by atoms with van der Waals surface area (Å²) in [5.74, 6) is 0. The van der Waals surface area contributed by atoms with Gasteiger partial charge < -0.3 is 18.9 Å². The summed E-state index contributed by atoms with van der Waals surface area (Å²) < 4.78 is 4.86. The first-order valence-electron chi connectivity index (χ1n) is 41.5. The number of fused-ring (bicyclic) bond motifs is 13. The SMILES string of the molecule is c1ccc2c(-c3ccc4c(c3)c3cc(-c5cccc6ccccc56)ccc3n4-c3ccc(N(c4ccc(-c5nc6ccccc6nc5-c5ccc(N(c6ccc(-n7c8ccc(-c9cccc%10ccccc9%10)cc8c8cc(-c9cccc%10ccccc9%10)ccc87)cc6)c6cccc7cccnc67)cc5)cc4)c4cccc5cccnc45)cc3)cccc2c1. The molecule has 24 aromatic rings. The van der Waals surface area contributed by atoms with Crippen molar-refractivity contribution in [3.63, 3.8) is 0 Å². The summed E-state index contributed by atoms with van der Waals surface area (Å²) >= 11 is 0. The van der Waals surface area contributed by atoms with Crippen LogP contribution in [0.3, 0.4) is 0 Å². The van der Waals surface area contributed by atoms with Gasteiger partial charge in [-0.3, -0.25) is 9.97 Å². The maximum Gasteiger partial charge on any atom is 0.0973 e. The summed E-state index contributed by atoms with van der Waals surface area (Å²) in [5, 5.41) is 16.7. The molecule has 0 saturated heterocycles. The van der Waals surface area contributed by atoms with Crippen LogP contribution in [0.2, 0.25) is 0 Å². The van der Waals surface area contributed by atoms with E-state index in [1.807, 2.05) is 48.8 Å². The fourth-order valence-corrected chi connectivity index (χ4v) is 19.0. The largest absolute Gasteiger partial charge is 0.309 e. The van der Waals surface area contributed by atoms with E-state index in [-0.39, 0.29) is 0 Å². The zero-order chi connectivity index (χ0) is 80.3. The van der Waals surface area contributed by atoms with E-state index in [9.17, 15) is 0 Å². The molecule has 8 heteroatoms. The van der Waals surface area contributed by atoms with Crippen LogP contribution in [-0.2, 0) is 0 Å². The number of pyridine rings is 2. The molecule has 122 heavy (non-hydrogen) atoms. The van der Waals surface area contributed by atoms with Crippen molar-refractivity contribution < 1.29 is 0 Å². The van der Waals surface area contributed by atoms with Crippen LogP contribution < -0.4 is 9.80 Å². The minimum Gasteiger partial charge on any atom is -0.309 e. The molecule has 568 valence electrons. The van der Waals surface area contributed by atoms with Crippen molar-refractivity contribution in [3.05, 3.63) is 437 Å². The van der Waals surface area contributed by atoms with E-state index >= 15 is 0 Å². The van der Waals surface area contributed by atoms with Gasteiger partial charge >= 0.3 is 0 Å². The van der Waals surface area contributed by atoms with Crippen LogP contribution in [0, 0.1) is 0 Å². The Hall–Kier alpha value is -16.4. The van der Waals surface area contributed by atoms with Crippen LogP contribution in [0.15, 0.2) is 437 Å². The van der Waals surface area contributed by atoms with Crippen molar-refractivity contribution in [1.82, 2.24) is 29.1 Å².